The van der Waals surface area contributed by atoms with E-state index in [-0.39, 0.29) is 31.3 Å². The number of ether oxygens (including phenoxy) is 2. The number of hydrogen-bond acceptors (Lipinski definition) is 5. The van der Waals surface area contributed by atoms with Crippen LogP contribution in [0.3, 0.4) is 0 Å². The number of methoxy groups -OCH3 is 1. The van der Waals surface area contributed by atoms with Crippen molar-refractivity contribution in [2.45, 2.75) is 13.3 Å². The summed E-state index contributed by atoms with van der Waals surface area (Å²) in [6.07, 6.45) is 0.0389. The van der Waals surface area contributed by atoms with Crippen LogP contribution < -0.4 is 9.64 Å². The molecule has 4 rings (SSSR count). The molecule has 0 unspecified atom stereocenters. The number of anilines is 1. The third-order valence-corrected chi connectivity index (χ3v) is 5.35. The van der Waals surface area contributed by atoms with E-state index >= 15 is 0 Å². The highest BCUT2D eigenvalue weighted by Gasteiger charge is 2.37. The van der Waals surface area contributed by atoms with Gasteiger partial charge in [0, 0.05) is 35.1 Å². The van der Waals surface area contributed by atoms with E-state index in [1.807, 2.05) is 37.3 Å². The molecule has 0 radical (unpaired) electrons. The molecule has 1 aliphatic rings. The largest absolute Gasteiger partial charge is 0.495 e. The molecule has 0 spiro atoms. The molecule has 1 saturated heterocycles. The summed E-state index contributed by atoms with van der Waals surface area (Å²) in [4.78, 5) is 42.4. The molecule has 1 atom stereocenters. The van der Waals surface area contributed by atoms with Gasteiger partial charge < -0.3 is 19.4 Å². The number of aromatic amines is 1. The number of H-pyrrole nitrogens is 1. The van der Waals surface area contributed by atoms with Crippen LogP contribution >= 0.6 is 0 Å². The number of carbonyl (C=O) groups is 3. The quantitative estimate of drug-likeness (QED) is 0.501. The van der Waals surface area contributed by atoms with Crippen LogP contribution in [0.15, 0.2) is 48.5 Å². The topological polar surface area (TPSA) is 88.7 Å². The van der Waals surface area contributed by atoms with Gasteiger partial charge in [-0.25, -0.2) is 0 Å². The Morgan fingerprint density at radius 1 is 1.13 bits per heavy atom. The van der Waals surface area contributed by atoms with Gasteiger partial charge in [0.2, 0.25) is 11.7 Å². The number of benzene rings is 2. The van der Waals surface area contributed by atoms with Crippen LogP contribution in [0.4, 0.5) is 5.69 Å². The smallest absolute Gasteiger partial charge is 0.311 e. The molecular formula is C23H22N2O5. The van der Waals surface area contributed by atoms with Gasteiger partial charge in [-0.3, -0.25) is 14.4 Å². The summed E-state index contributed by atoms with van der Waals surface area (Å²) in [7, 11) is 1.53. The lowest BCUT2D eigenvalue weighted by Gasteiger charge is -2.19. The Bertz CT molecular complexity index is 1130. The van der Waals surface area contributed by atoms with Crippen molar-refractivity contribution < 1.29 is 23.9 Å². The van der Waals surface area contributed by atoms with Crippen LogP contribution in [-0.2, 0) is 14.3 Å². The molecule has 2 aromatic carbocycles. The molecule has 1 N–H and O–H groups in total. The fourth-order valence-corrected chi connectivity index (χ4v) is 3.91. The Kier molecular flexibility index (Phi) is 5.27. The summed E-state index contributed by atoms with van der Waals surface area (Å²) < 4.78 is 10.6. The highest BCUT2D eigenvalue weighted by atomic mass is 16.5. The molecule has 1 aromatic heterocycles. The van der Waals surface area contributed by atoms with Gasteiger partial charge in [-0.1, -0.05) is 30.3 Å². The SMILES string of the molecule is COc1ccccc1N1C[C@H](C(=O)OCC(=O)c2c(C)[nH]c3ccccc23)CC1=O. The average Bonchev–Trinajstić information content (AvgIpc) is 3.30. The Hall–Kier alpha value is -3.61. The van der Waals surface area contributed by atoms with Gasteiger partial charge >= 0.3 is 5.97 Å². The minimum absolute atomic E-state index is 0.0389. The van der Waals surface area contributed by atoms with E-state index in [0.717, 1.165) is 16.6 Å². The molecule has 0 bridgehead atoms. The Morgan fingerprint density at radius 2 is 1.87 bits per heavy atom. The van der Waals surface area contributed by atoms with Gasteiger partial charge in [0.1, 0.15) is 5.75 Å². The molecule has 1 fully saturated rings. The third-order valence-electron chi connectivity index (χ3n) is 5.35. The van der Waals surface area contributed by atoms with Crippen LogP contribution in [0, 0.1) is 12.8 Å². The molecule has 1 amide bonds. The number of nitrogens with one attached hydrogen (secondary N) is 1. The number of nitrogens with zero attached hydrogens (tertiary/aromatic N) is 1. The van der Waals surface area contributed by atoms with Gasteiger partial charge in [0.25, 0.3) is 0 Å². The highest BCUT2D eigenvalue weighted by Crippen LogP contribution is 2.33. The van der Waals surface area contributed by atoms with E-state index < -0.39 is 11.9 Å². The lowest BCUT2D eigenvalue weighted by atomic mass is 10.1. The van der Waals surface area contributed by atoms with Crippen LogP contribution in [0.5, 0.6) is 5.75 Å². The van der Waals surface area contributed by atoms with Gasteiger partial charge in [-0.05, 0) is 25.1 Å². The fourth-order valence-electron chi connectivity index (χ4n) is 3.91. The van der Waals surface area contributed by atoms with E-state index in [2.05, 4.69) is 4.98 Å². The zero-order chi connectivity index (χ0) is 21.3. The number of fused-ring (bicyclic) bond motifs is 1. The van der Waals surface area contributed by atoms with E-state index in [1.54, 1.807) is 18.2 Å². The number of rotatable bonds is 6. The zero-order valence-electron chi connectivity index (χ0n) is 16.8. The van der Waals surface area contributed by atoms with Crippen LogP contribution in [0.25, 0.3) is 10.9 Å². The molecule has 7 heteroatoms. The maximum absolute atomic E-state index is 12.7. The number of carbonyl (C=O) groups excluding carboxylic acids is 3. The summed E-state index contributed by atoms with van der Waals surface area (Å²) in [5.74, 6) is -1.07. The minimum atomic E-state index is -0.626. The van der Waals surface area contributed by atoms with Crippen molar-refractivity contribution in [3.8, 4) is 5.75 Å². The van der Waals surface area contributed by atoms with Gasteiger partial charge in [0.05, 0.1) is 18.7 Å². The van der Waals surface area contributed by atoms with Crippen molar-refractivity contribution in [2.75, 3.05) is 25.2 Å². The third kappa shape index (κ3) is 3.54. The first-order valence-corrected chi connectivity index (χ1v) is 9.70. The molecule has 1 aliphatic heterocycles. The second-order valence-corrected chi connectivity index (χ2v) is 7.28. The lowest BCUT2D eigenvalue weighted by molar-refractivity contribution is -0.147. The number of esters is 1. The molecule has 0 aliphatic carbocycles. The summed E-state index contributed by atoms with van der Waals surface area (Å²) in [6.45, 7) is 1.65. The summed E-state index contributed by atoms with van der Waals surface area (Å²) >= 11 is 0. The van der Waals surface area contributed by atoms with Gasteiger partial charge in [-0.2, -0.15) is 0 Å². The Morgan fingerprint density at radius 3 is 2.67 bits per heavy atom. The highest BCUT2D eigenvalue weighted by molar-refractivity contribution is 6.10. The first-order valence-electron chi connectivity index (χ1n) is 9.70. The second-order valence-electron chi connectivity index (χ2n) is 7.28. The molecular weight excluding hydrogens is 384 g/mol. The average molecular weight is 406 g/mol. The maximum atomic E-state index is 12.7. The van der Waals surface area contributed by atoms with Crippen molar-refractivity contribution in [1.29, 1.82) is 0 Å². The van der Waals surface area contributed by atoms with Crippen molar-refractivity contribution in [3.63, 3.8) is 0 Å². The number of amides is 1. The van der Waals surface area contributed by atoms with Crippen LogP contribution in [0.1, 0.15) is 22.5 Å². The van der Waals surface area contributed by atoms with Gasteiger partial charge in [0.15, 0.2) is 6.61 Å². The van der Waals surface area contributed by atoms with E-state index in [9.17, 15) is 14.4 Å². The molecule has 0 saturated carbocycles. The molecule has 154 valence electrons. The molecule has 3 aromatic rings. The second kappa shape index (κ2) is 8.02. The predicted molar refractivity (Wildman–Crippen MR) is 112 cm³/mol. The number of aromatic nitrogens is 1. The summed E-state index contributed by atoms with van der Waals surface area (Å²) in [5.41, 5.74) is 2.73. The van der Waals surface area contributed by atoms with Gasteiger partial charge in [-0.15, -0.1) is 0 Å². The summed E-state index contributed by atoms with van der Waals surface area (Å²) in [6, 6.07) is 14.6. The first-order chi connectivity index (χ1) is 14.5. The lowest BCUT2D eigenvalue weighted by Crippen LogP contribution is -2.27. The van der Waals surface area contributed by atoms with Crippen LogP contribution in [-0.4, -0.2) is 42.9 Å². The standard InChI is InChI=1S/C23H22N2O5/c1-14-22(16-7-3-4-8-17(16)24-14)19(26)13-30-23(28)15-11-21(27)25(12-15)18-9-5-6-10-20(18)29-2/h3-10,15,24H,11-13H2,1-2H3/t15-/m1/s1. The molecule has 7 nitrogen and oxygen atoms in total. The minimum Gasteiger partial charge on any atom is -0.495 e. The van der Waals surface area contributed by atoms with Crippen molar-refractivity contribution in [3.05, 3.63) is 59.8 Å². The van der Waals surface area contributed by atoms with E-state index in [1.165, 1.54) is 12.0 Å². The monoisotopic (exact) mass is 406 g/mol. The van der Waals surface area contributed by atoms with Crippen molar-refractivity contribution in [2.24, 2.45) is 5.92 Å². The number of hydrogen-bond donors (Lipinski definition) is 1. The normalized spacial score (nSPS) is 16.1. The molecule has 30 heavy (non-hydrogen) atoms. The van der Waals surface area contributed by atoms with E-state index in [0.29, 0.717) is 17.0 Å². The number of aryl methyl sites for hydroxylation is 1. The van der Waals surface area contributed by atoms with Crippen LogP contribution in [0.2, 0.25) is 0 Å². The summed E-state index contributed by atoms with van der Waals surface area (Å²) in [5, 5.41) is 0.800. The van der Waals surface area contributed by atoms with Crippen molar-refractivity contribution in [1.82, 2.24) is 4.98 Å². The Balaban J connectivity index is 1.43. The maximum Gasteiger partial charge on any atom is 0.311 e. The predicted octanol–water partition coefficient (Wildman–Crippen LogP) is 3.26. The first kappa shape index (κ1) is 19.7. The number of para-hydroxylation sites is 3. The Labute approximate surface area is 173 Å². The van der Waals surface area contributed by atoms with E-state index in [4.69, 9.17) is 9.47 Å². The number of Topliss-reactive ketones (excluding diaryl/α,β-unsaturated/α-hetero) is 1. The zero-order valence-corrected chi connectivity index (χ0v) is 16.8. The molecule has 2 heterocycles. The fraction of sp³-hybridized carbons (Fsp3) is 0.261. The van der Waals surface area contributed by atoms with Crippen molar-refractivity contribution >= 4 is 34.3 Å². The number of ketones is 1.